The van der Waals surface area contributed by atoms with Gasteiger partial charge < -0.3 is 4.90 Å². The Morgan fingerprint density at radius 3 is 2.28 bits per heavy atom. The molecule has 0 radical (unpaired) electrons. The first-order valence-corrected chi connectivity index (χ1v) is 10.3. The van der Waals surface area contributed by atoms with Crippen LogP contribution >= 0.6 is 11.6 Å². The summed E-state index contributed by atoms with van der Waals surface area (Å²) in [6.07, 6.45) is 3.52. The predicted octanol–water partition coefficient (Wildman–Crippen LogP) is 4.28. The molecule has 0 aliphatic carbocycles. The molecule has 1 unspecified atom stereocenters. The molecule has 29 heavy (non-hydrogen) atoms. The predicted molar refractivity (Wildman–Crippen MR) is 115 cm³/mol. The number of carbonyl (C=O) groups is 3. The maximum atomic E-state index is 12.5. The minimum absolute atomic E-state index is 0.0207. The highest BCUT2D eigenvalue weighted by Gasteiger charge is 2.39. The summed E-state index contributed by atoms with van der Waals surface area (Å²) in [5.41, 5.74) is 2.83. The Morgan fingerprint density at radius 1 is 1.14 bits per heavy atom. The summed E-state index contributed by atoms with van der Waals surface area (Å²) in [4.78, 5) is 41.3. The third-order valence-electron chi connectivity index (χ3n) is 5.90. The lowest BCUT2D eigenvalue weighted by Crippen LogP contribution is -2.52. The van der Waals surface area contributed by atoms with Gasteiger partial charge in [0, 0.05) is 36.9 Å². The number of likely N-dealkylation sites (N-methyl/N-ethyl adjacent to an activating group) is 2. The lowest BCUT2D eigenvalue weighted by atomic mass is 9.79. The van der Waals surface area contributed by atoms with E-state index in [2.05, 4.69) is 32.6 Å². The van der Waals surface area contributed by atoms with Crippen LogP contribution in [0.1, 0.15) is 57.6 Å². The third kappa shape index (κ3) is 3.54. The number of imide groups is 2. The summed E-state index contributed by atoms with van der Waals surface area (Å²) in [6.45, 7) is 9.76. The van der Waals surface area contributed by atoms with E-state index in [4.69, 9.17) is 11.6 Å². The summed E-state index contributed by atoms with van der Waals surface area (Å²) in [5.74, 6) is -0.922. The van der Waals surface area contributed by atoms with Crippen molar-refractivity contribution in [3.8, 4) is 0 Å². The molecule has 0 bridgehead atoms. The van der Waals surface area contributed by atoms with Gasteiger partial charge in [-0.2, -0.15) is 0 Å². The Morgan fingerprint density at radius 2 is 1.72 bits per heavy atom. The minimum atomic E-state index is -0.639. The molecular weight excluding hydrogens is 390 g/mol. The molecule has 0 spiro atoms. The van der Waals surface area contributed by atoms with Crippen molar-refractivity contribution < 1.29 is 14.4 Å². The van der Waals surface area contributed by atoms with Crippen LogP contribution in [0.25, 0.3) is 6.08 Å². The summed E-state index contributed by atoms with van der Waals surface area (Å²) < 4.78 is 0. The Bertz CT molecular complexity index is 896. The number of barbiturate groups is 1. The minimum Gasteiger partial charge on any atom is -0.366 e. The highest BCUT2D eigenvalue weighted by Crippen LogP contribution is 2.45. The van der Waals surface area contributed by atoms with Crippen LogP contribution in [0.15, 0.2) is 17.7 Å². The molecule has 2 aliphatic rings. The monoisotopic (exact) mass is 417 g/mol. The van der Waals surface area contributed by atoms with Crippen molar-refractivity contribution in [2.75, 3.05) is 25.5 Å². The van der Waals surface area contributed by atoms with Crippen molar-refractivity contribution in [3.63, 3.8) is 0 Å². The number of hydrogen-bond acceptors (Lipinski definition) is 4. The summed E-state index contributed by atoms with van der Waals surface area (Å²) in [7, 11) is 2.73. The zero-order valence-corrected chi connectivity index (χ0v) is 18.6. The fourth-order valence-corrected chi connectivity index (χ4v) is 4.62. The molecule has 1 saturated heterocycles. The van der Waals surface area contributed by atoms with Gasteiger partial charge in [-0.25, -0.2) is 4.79 Å². The number of halogens is 1. The molecule has 1 fully saturated rings. The van der Waals surface area contributed by atoms with E-state index in [1.807, 2.05) is 12.1 Å². The Balaban J connectivity index is 2.11. The highest BCUT2D eigenvalue weighted by atomic mass is 35.5. The number of hydrogen-bond donors (Lipinski definition) is 0. The molecule has 0 aromatic heterocycles. The second-order valence-corrected chi connectivity index (χ2v) is 8.98. The first kappa shape index (κ1) is 21.4. The first-order valence-electron chi connectivity index (χ1n) is 9.92. The van der Waals surface area contributed by atoms with Crippen molar-refractivity contribution in [1.82, 2.24) is 9.80 Å². The first-order chi connectivity index (χ1) is 13.5. The van der Waals surface area contributed by atoms with Crippen molar-refractivity contribution in [1.29, 1.82) is 0 Å². The van der Waals surface area contributed by atoms with Crippen molar-refractivity contribution in [2.24, 2.45) is 0 Å². The molecule has 2 heterocycles. The SMILES string of the molecule is CCCN1c2cc(Cl)c(C=C3C(=O)N(C)C(=O)N(C)C3=O)cc2C(C)CC1(C)C. The lowest BCUT2D eigenvalue weighted by molar-refractivity contribution is -0.134. The molecular formula is C22H28ClN3O3. The van der Waals surface area contributed by atoms with E-state index in [9.17, 15) is 14.4 Å². The van der Waals surface area contributed by atoms with Gasteiger partial charge in [0.25, 0.3) is 11.8 Å². The number of benzene rings is 1. The molecule has 0 N–H and O–H groups in total. The number of carbonyl (C=O) groups excluding carboxylic acids is 3. The molecule has 156 valence electrons. The maximum Gasteiger partial charge on any atom is 0.333 e. The van der Waals surface area contributed by atoms with E-state index in [1.165, 1.54) is 20.2 Å². The van der Waals surface area contributed by atoms with Crippen LogP contribution in [-0.4, -0.2) is 53.8 Å². The summed E-state index contributed by atoms with van der Waals surface area (Å²) >= 11 is 6.60. The van der Waals surface area contributed by atoms with E-state index in [1.54, 1.807) is 0 Å². The van der Waals surface area contributed by atoms with E-state index >= 15 is 0 Å². The molecule has 1 atom stereocenters. The van der Waals surface area contributed by atoms with Gasteiger partial charge in [0.05, 0.1) is 0 Å². The van der Waals surface area contributed by atoms with Gasteiger partial charge in [-0.05, 0) is 61.9 Å². The van der Waals surface area contributed by atoms with Crippen molar-refractivity contribution in [2.45, 2.75) is 52.0 Å². The summed E-state index contributed by atoms with van der Waals surface area (Å²) in [6, 6.07) is 3.27. The number of fused-ring (bicyclic) bond motifs is 1. The number of urea groups is 1. The second kappa shape index (κ2) is 7.48. The van der Waals surface area contributed by atoms with E-state index < -0.39 is 17.8 Å². The number of rotatable bonds is 3. The molecule has 1 aromatic carbocycles. The number of nitrogens with zero attached hydrogens (tertiary/aromatic N) is 3. The Labute approximate surface area is 177 Å². The fourth-order valence-electron chi connectivity index (χ4n) is 4.41. The molecule has 2 aliphatic heterocycles. The van der Waals surface area contributed by atoms with Crippen LogP contribution in [-0.2, 0) is 9.59 Å². The van der Waals surface area contributed by atoms with Gasteiger partial charge in [-0.1, -0.05) is 25.4 Å². The maximum absolute atomic E-state index is 12.5. The van der Waals surface area contributed by atoms with Gasteiger partial charge in [0.2, 0.25) is 0 Å². The number of anilines is 1. The van der Waals surface area contributed by atoms with Crippen LogP contribution < -0.4 is 4.90 Å². The molecule has 7 heteroatoms. The van der Waals surface area contributed by atoms with Gasteiger partial charge in [0.1, 0.15) is 5.57 Å². The quantitative estimate of drug-likeness (QED) is 0.544. The second-order valence-electron chi connectivity index (χ2n) is 8.57. The van der Waals surface area contributed by atoms with Crippen molar-refractivity contribution in [3.05, 3.63) is 33.9 Å². The molecule has 6 nitrogen and oxygen atoms in total. The van der Waals surface area contributed by atoms with Crippen LogP contribution in [0.4, 0.5) is 10.5 Å². The molecule has 0 saturated carbocycles. The average Bonchev–Trinajstić information content (AvgIpc) is 2.65. The zero-order chi connectivity index (χ0) is 21.7. The number of amides is 4. The van der Waals surface area contributed by atoms with Crippen LogP contribution in [0.5, 0.6) is 0 Å². The van der Waals surface area contributed by atoms with E-state index in [0.717, 1.165) is 40.4 Å². The largest absolute Gasteiger partial charge is 0.366 e. The molecule has 4 amide bonds. The molecule has 1 aromatic rings. The Kier molecular flexibility index (Phi) is 5.52. The smallest absolute Gasteiger partial charge is 0.333 e. The highest BCUT2D eigenvalue weighted by molar-refractivity contribution is 6.34. The van der Waals surface area contributed by atoms with Crippen LogP contribution in [0.3, 0.4) is 0 Å². The fraction of sp³-hybridized carbons (Fsp3) is 0.500. The van der Waals surface area contributed by atoms with Crippen LogP contribution in [0, 0.1) is 0 Å². The van der Waals surface area contributed by atoms with Crippen molar-refractivity contribution >= 4 is 41.2 Å². The van der Waals surface area contributed by atoms with Gasteiger partial charge in [-0.15, -0.1) is 0 Å². The normalized spacial score (nSPS) is 21.6. The van der Waals surface area contributed by atoms with Gasteiger partial charge >= 0.3 is 6.03 Å². The van der Waals surface area contributed by atoms with Crippen LogP contribution in [0.2, 0.25) is 5.02 Å². The van der Waals surface area contributed by atoms with Gasteiger partial charge in [0.15, 0.2) is 0 Å². The topological polar surface area (TPSA) is 60.9 Å². The molecule has 3 rings (SSSR count). The standard InChI is InChI=1S/C22H28ClN3O3/c1-7-8-26-18-11-17(23)14(9-15(18)13(2)12-22(26,3)4)10-16-19(27)24(5)21(29)25(6)20(16)28/h9-11,13H,7-8,12H2,1-6H3. The Hall–Kier alpha value is -2.34. The third-order valence-corrected chi connectivity index (χ3v) is 6.22. The van der Waals surface area contributed by atoms with Gasteiger partial charge in [-0.3, -0.25) is 19.4 Å². The summed E-state index contributed by atoms with van der Waals surface area (Å²) in [5, 5.41) is 0.477. The van der Waals surface area contributed by atoms with E-state index in [-0.39, 0.29) is 11.1 Å². The van der Waals surface area contributed by atoms with E-state index in [0.29, 0.717) is 16.5 Å². The zero-order valence-electron chi connectivity index (χ0n) is 17.9. The average molecular weight is 418 g/mol. The lowest BCUT2D eigenvalue weighted by Gasteiger charge is -2.47.